The lowest BCUT2D eigenvalue weighted by Crippen LogP contribution is -1.96. The van der Waals surface area contributed by atoms with Crippen LogP contribution >= 0.6 is 0 Å². The third-order valence-electron chi connectivity index (χ3n) is 4.96. The third-order valence-corrected chi connectivity index (χ3v) is 4.96. The standard InChI is InChI=1S/C26H19FN2O3/c27-22-7-3-4-18(14-22)16-30-23-11-9-20(10-12-23)26-28-25(32-29-26)17-31-24-13-8-19-5-1-2-6-21(19)15-24/h1-15H,16-17H2. The first-order valence-electron chi connectivity index (χ1n) is 10.1. The second kappa shape index (κ2) is 8.89. The molecule has 0 spiro atoms. The van der Waals surface area contributed by atoms with Gasteiger partial charge in [-0.25, -0.2) is 4.39 Å². The van der Waals surface area contributed by atoms with Gasteiger partial charge < -0.3 is 14.0 Å². The van der Waals surface area contributed by atoms with E-state index in [-0.39, 0.29) is 19.0 Å². The summed E-state index contributed by atoms with van der Waals surface area (Å²) in [5.41, 5.74) is 1.56. The molecule has 5 rings (SSSR count). The van der Waals surface area contributed by atoms with Crippen molar-refractivity contribution < 1.29 is 18.4 Å². The number of fused-ring (bicyclic) bond motifs is 1. The van der Waals surface area contributed by atoms with Crippen molar-refractivity contribution in [2.75, 3.05) is 0 Å². The Morgan fingerprint density at radius 3 is 2.34 bits per heavy atom. The van der Waals surface area contributed by atoms with Crippen molar-refractivity contribution in [2.45, 2.75) is 13.2 Å². The number of benzene rings is 4. The minimum Gasteiger partial charge on any atom is -0.489 e. The Morgan fingerprint density at radius 1 is 0.719 bits per heavy atom. The molecule has 4 aromatic carbocycles. The lowest BCUT2D eigenvalue weighted by atomic mass is 10.1. The first kappa shape index (κ1) is 19.8. The second-order valence-corrected chi connectivity index (χ2v) is 7.25. The quantitative estimate of drug-likeness (QED) is 0.311. The number of nitrogens with zero attached hydrogens (tertiary/aromatic N) is 2. The Hall–Kier alpha value is -4.19. The van der Waals surface area contributed by atoms with Crippen LogP contribution in [0.2, 0.25) is 0 Å². The first-order chi connectivity index (χ1) is 15.7. The van der Waals surface area contributed by atoms with Crippen molar-refractivity contribution in [2.24, 2.45) is 0 Å². The van der Waals surface area contributed by atoms with Crippen molar-refractivity contribution in [1.82, 2.24) is 10.1 Å². The molecular weight excluding hydrogens is 407 g/mol. The molecule has 0 atom stereocenters. The van der Waals surface area contributed by atoms with E-state index in [0.29, 0.717) is 17.5 Å². The van der Waals surface area contributed by atoms with Gasteiger partial charge in [0.15, 0.2) is 6.61 Å². The summed E-state index contributed by atoms with van der Waals surface area (Å²) in [6, 6.07) is 27.7. The molecule has 5 nitrogen and oxygen atoms in total. The molecule has 0 radical (unpaired) electrons. The molecule has 0 N–H and O–H groups in total. The molecule has 0 fully saturated rings. The monoisotopic (exact) mass is 426 g/mol. The highest BCUT2D eigenvalue weighted by Gasteiger charge is 2.10. The molecule has 5 aromatic rings. The van der Waals surface area contributed by atoms with Crippen molar-refractivity contribution >= 4 is 10.8 Å². The smallest absolute Gasteiger partial charge is 0.264 e. The normalized spacial score (nSPS) is 10.9. The maximum atomic E-state index is 13.3. The zero-order valence-corrected chi connectivity index (χ0v) is 17.1. The molecule has 0 aliphatic heterocycles. The zero-order valence-electron chi connectivity index (χ0n) is 17.1. The van der Waals surface area contributed by atoms with Gasteiger partial charge in [0.2, 0.25) is 5.82 Å². The van der Waals surface area contributed by atoms with Crippen molar-refractivity contribution in [3.8, 4) is 22.9 Å². The van der Waals surface area contributed by atoms with E-state index in [0.717, 1.165) is 27.6 Å². The highest BCUT2D eigenvalue weighted by atomic mass is 19.1. The number of halogens is 1. The van der Waals surface area contributed by atoms with Crippen LogP contribution in [0.3, 0.4) is 0 Å². The van der Waals surface area contributed by atoms with E-state index in [2.05, 4.69) is 16.2 Å². The summed E-state index contributed by atoms with van der Waals surface area (Å²) in [6.45, 7) is 0.468. The van der Waals surface area contributed by atoms with Crippen LogP contribution in [0.15, 0.2) is 95.5 Å². The molecule has 0 amide bonds. The molecule has 1 aromatic heterocycles. The van der Waals surface area contributed by atoms with Gasteiger partial charge in [0.1, 0.15) is 23.9 Å². The predicted octanol–water partition coefficient (Wildman–Crippen LogP) is 6.19. The van der Waals surface area contributed by atoms with Gasteiger partial charge in [0.25, 0.3) is 5.89 Å². The average Bonchev–Trinajstić information content (AvgIpc) is 3.31. The number of hydrogen-bond acceptors (Lipinski definition) is 5. The van der Waals surface area contributed by atoms with Gasteiger partial charge in [-0.2, -0.15) is 4.98 Å². The number of hydrogen-bond donors (Lipinski definition) is 0. The Morgan fingerprint density at radius 2 is 1.50 bits per heavy atom. The third kappa shape index (κ3) is 4.59. The van der Waals surface area contributed by atoms with Crippen LogP contribution in [0.4, 0.5) is 4.39 Å². The summed E-state index contributed by atoms with van der Waals surface area (Å²) in [4.78, 5) is 4.41. The van der Waals surface area contributed by atoms with Crippen LogP contribution in [0.1, 0.15) is 11.5 Å². The fourth-order valence-corrected chi connectivity index (χ4v) is 3.33. The van der Waals surface area contributed by atoms with Gasteiger partial charge in [-0.15, -0.1) is 0 Å². The van der Waals surface area contributed by atoms with Gasteiger partial charge >= 0.3 is 0 Å². The van der Waals surface area contributed by atoms with Gasteiger partial charge in [-0.1, -0.05) is 47.6 Å². The minimum absolute atomic E-state index is 0.181. The van der Waals surface area contributed by atoms with Crippen molar-refractivity contribution in [1.29, 1.82) is 0 Å². The van der Waals surface area contributed by atoms with E-state index in [4.69, 9.17) is 14.0 Å². The molecule has 0 saturated heterocycles. The van der Waals surface area contributed by atoms with Crippen LogP contribution < -0.4 is 9.47 Å². The van der Waals surface area contributed by atoms with E-state index >= 15 is 0 Å². The van der Waals surface area contributed by atoms with Gasteiger partial charge in [0, 0.05) is 5.56 Å². The van der Waals surface area contributed by atoms with Crippen LogP contribution in [0.5, 0.6) is 11.5 Å². The summed E-state index contributed by atoms with van der Waals surface area (Å²) < 4.78 is 30.1. The van der Waals surface area contributed by atoms with Crippen LogP contribution in [0, 0.1) is 5.82 Å². The van der Waals surface area contributed by atoms with Crippen molar-refractivity contribution in [3.05, 3.63) is 108 Å². The van der Waals surface area contributed by atoms with Crippen LogP contribution in [-0.4, -0.2) is 10.1 Å². The number of aromatic nitrogens is 2. The Bertz CT molecular complexity index is 1350. The predicted molar refractivity (Wildman–Crippen MR) is 119 cm³/mol. The highest BCUT2D eigenvalue weighted by Crippen LogP contribution is 2.23. The molecule has 6 heteroatoms. The van der Waals surface area contributed by atoms with Crippen LogP contribution in [-0.2, 0) is 13.2 Å². The average molecular weight is 426 g/mol. The first-order valence-corrected chi connectivity index (χ1v) is 10.1. The van der Waals surface area contributed by atoms with Gasteiger partial charge in [0.05, 0.1) is 0 Å². The van der Waals surface area contributed by atoms with Crippen LogP contribution in [0.25, 0.3) is 22.2 Å². The van der Waals surface area contributed by atoms with Crippen molar-refractivity contribution in [3.63, 3.8) is 0 Å². The van der Waals surface area contributed by atoms with E-state index in [9.17, 15) is 4.39 Å². The van der Waals surface area contributed by atoms with E-state index in [1.807, 2.05) is 66.7 Å². The summed E-state index contributed by atoms with van der Waals surface area (Å²) in [7, 11) is 0. The Balaban J connectivity index is 1.20. The molecule has 0 bridgehead atoms. The zero-order chi connectivity index (χ0) is 21.8. The SMILES string of the molecule is Fc1cccc(COc2ccc(-c3noc(COc4ccc5ccccc5c4)n3)cc2)c1. The largest absolute Gasteiger partial charge is 0.489 e. The Kier molecular flexibility index (Phi) is 5.49. The fraction of sp³-hybridized carbons (Fsp3) is 0.0769. The maximum absolute atomic E-state index is 13.3. The van der Waals surface area contributed by atoms with Gasteiger partial charge in [-0.05, 0) is 64.9 Å². The molecule has 0 aliphatic rings. The summed E-state index contributed by atoms with van der Waals surface area (Å²) in [6.07, 6.45) is 0. The summed E-state index contributed by atoms with van der Waals surface area (Å²) in [5, 5.41) is 6.30. The lowest BCUT2D eigenvalue weighted by Gasteiger charge is -2.06. The molecule has 0 saturated carbocycles. The fourth-order valence-electron chi connectivity index (χ4n) is 3.33. The topological polar surface area (TPSA) is 57.4 Å². The molecular formula is C26H19FN2O3. The lowest BCUT2D eigenvalue weighted by molar-refractivity contribution is 0.243. The molecule has 1 heterocycles. The second-order valence-electron chi connectivity index (χ2n) is 7.25. The molecule has 0 unspecified atom stereocenters. The van der Waals surface area contributed by atoms with E-state index in [1.54, 1.807) is 6.07 Å². The highest BCUT2D eigenvalue weighted by molar-refractivity contribution is 5.83. The number of ether oxygens (including phenoxy) is 2. The van der Waals surface area contributed by atoms with E-state index in [1.165, 1.54) is 12.1 Å². The summed E-state index contributed by atoms with van der Waals surface area (Å²) >= 11 is 0. The molecule has 32 heavy (non-hydrogen) atoms. The summed E-state index contributed by atoms with van der Waals surface area (Å²) in [5.74, 6) is 1.99. The maximum Gasteiger partial charge on any atom is 0.264 e. The van der Waals surface area contributed by atoms with E-state index < -0.39 is 0 Å². The van der Waals surface area contributed by atoms with Gasteiger partial charge in [-0.3, -0.25) is 0 Å². The number of rotatable bonds is 7. The minimum atomic E-state index is -0.279. The Labute approximate surface area is 184 Å². The molecule has 158 valence electrons. The molecule has 0 aliphatic carbocycles.